The van der Waals surface area contributed by atoms with E-state index in [0.29, 0.717) is 6.61 Å². The van der Waals surface area contributed by atoms with Crippen molar-refractivity contribution in [2.24, 2.45) is 0 Å². The van der Waals surface area contributed by atoms with Crippen LogP contribution in [0.4, 0.5) is 0 Å². The Hall–Kier alpha value is -1.58. The number of carbonyl (C=O) groups is 2. The maximum Gasteiger partial charge on any atom is 0.333 e. The molecule has 0 saturated carbocycles. The Labute approximate surface area is 153 Å². The van der Waals surface area contributed by atoms with Gasteiger partial charge in [-0.1, -0.05) is 90.2 Å². The van der Waals surface area contributed by atoms with E-state index in [2.05, 4.69) is 13.5 Å². The number of hydrogen-bond donors (Lipinski definition) is 1. The molecule has 4 nitrogen and oxygen atoms in total. The van der Waals surface area contributed by atoms with Gasteiger partial charge in [-0.2, -0.15) is 0 Å². The van der Waals surface area contributed by atoms with Crippen LogP contribution in [0.1, 0.15) is 90.4 Å². The first-order valence-corrected chi connectivity index (χ1v) is 9.82. The number of carbonyl (C=O) groups excluding carboxylic acids is 1. The maximum atomic E-state index is 11.6. The summed E-state index contributed by atoms with van der Waals surface area (Å²) in [5.74, 6) is -1.46. The minimum atomic E-state index is -1.03. The highest BCUT2D eigenvalue weighted by Gasteiger charge is 2.06. The molecule has 0 radical (unpaired) electrons. The summed E-state index contributed by atoms with van der Waals surface area (Å²) in [6.07, 6.45) is 17.9. The number of carboxylic acid groups (broad SMARTS) is 1. The third kappa shape index (κ3) is 17.0. The van der Waals surface area contributed by atoms with E-state index >= 15 is 0 Å². The lowest BCUT2D eigenvalue weighted by Crippen LogP contribution is -2.08. The molecule has 0 fully saturated rings. The number of aliphatic carboxylic acids is 1. The molecule has 25 heavy (non-hydrogen) atoms. The van der Waals surface area contributed by atoms with Crippen molar-refractivity contribution in [2.45, 2.75) is 90.4 Å². The van der Waals surface area contributed by atoms with E-state index in [9.17, 15) is 9.59 Å². The van der Waals surface area contributed by atoms with Crippen LogP contribution < -0.4 is 0 Å². The number of allylic oxidation sites excluding steroid dienone is 1. The topological polar surface area (TPSA) is 63.6 Å². The first-order chi connectivity index (χ1) is 12.1. The van der Waals surface area contributed by atoms with Crippen molar-refractivity contribution in [3.8, 4) is 0 Å². The predicted molar refractivity (Wildman–Crippen MR) is 103 cm³/mol. The molecule has 144 valence electrons. The molecule has 0 aliphatic rings. The van der Waals surface area contributed by atoms with Crippen LogP contribution in [0.5, 0.6) is 0 Å². The van der Waals surface area contributed by atoms with Crippen LogP contribution in [-0.4, -0.2) is 23.7 Å². The monoisotopic (exact) mass is 352 g/mol. The van der Waals surface area contributed by atoms with E-state index in [1.807, 2.05) is 0 Å². The third-order valence-corrected chi connectivity index (χ3v) is 4.14. The molecule has 0 aliphatic heterocycles. The summed E-state index contributed by atoms with van der Waals surface area (Å²) < 4.78 is 5.13. The summed E-state index contributed by atoms with van der Waals surface area (Å²) in [7, 11) is 0. The lowest BCUT2D eigenvalue weighted by Gasteiger charge is -2.06. The zero-order valence-electron chi connectivity index (χ0n) is 15.9. The van der Waals surface area contributed by atoms with Crippen LogP contribution >= 0.6 is 0 Å². The fourth-order valence-corrected chi connectivity index (χ4v) is 2.60. The molecule has 0 aromatic heterocycles. The van der Waals surface area contributed by atoms with Crippen LogP contribution in [0, 0.1) is 0 Å². The number of ether oxygens (including phenoxy) is 1. The fraction of sp³-hybridized carbons (Fsp3) is 0.714. The third-order valence-electron chi connectivity index (χ3n) is 4.14. The SMILES string of the molecule is C=C(CC=CC(=O)O)C(=O)OCCCCCCCCCCCCCC. The van der Waals surface area contributed by atoms with Gasteiger partial charge in [0.2, 0.25) is 0 Å². The Morgan fingerprint density at radius 3 is 1.84 bits per heavy atom. The van der Waals surface area contributed by atoms with Gasteiger partial charge in [0.05, 0.1) is 6.61 Å². The number of esters is 1. The minimum absolute atomic E-state index is 0.212. The first kappa shape index (κ1) is 23.4. The Morgan fingerprint density at radius 2 is 1.36 bits per heavy atom. The molecule has 0 aliphatic carbocycles. The minimum Gasteiger partial charge on any atom is -0.478 e. The molecule has 0 rings (SSSR count). The molecule has 4 heteroatoms. The summed E-state index contributed by atoms with van der Waals surface area (Å²) in [5, 5.41) is 8.47. The summed E-state index contributed by atoms with van der Waals surface area (Å²) in [6.45, 7) is 6.27. The van der Waals surface area contributed by atoms with Gasteiger partial charge in [-0.25, -0.2) is 9.59 Å². The van der Waals surface area contributed by atoms with Gasteiger partial charge >= 0.3 is 11.9 Å². The Balaban J connectivity index is 3.36. The number of carboxylic acids is 1. The highest BCUT2D eigenvalue weighted by molar-refractivity contribution is 5.88. The normalized spacial score (nSPS) is 10.9. The van der Waals surface area contributed by atoms with Crippen LogP contribution in [0.3, 0.4) is 0 Å². The lowest BCUT2D eigenvalue weighted by atomic mass is 10.1. The van der Waals surface area contributed by atoms with E-state index in [4.69, 9.17) is 9.84 Å². The van der Waals surface area contributed by atoms with Crippen LogP contribution in [0.2, 0.25) is 0 Å². The fourth-order valence-electron chi connectivity index (χ4n) is 2.60. The zero-order valence-corrected chi connectivity index (χ0v) is 15.9. The number of unbranched alkanes of at least 4 members (excludes halogenated alkanes) is 11. The van der Waals surface area contributed by atoms with E-state index in [1.54, 1.807) is 0 Å². The van der Waals surface area contributed by atoms with E-state index in [-0.39, 0.29) is 12.0 Å². The summed E-state index contributed by atoms with van der Waals surface area (Å²) in [5.41, 5.74) is 0.288. The Kier molecular flexibility index (Phi) is 16.2. The first-order valence-electron chi connectivity index (χ1n) is 9.82. The molecule has 0 spiro atoms. The average molecular weight is 353 g/mol. The molecule has 0 amide bonds. The smallest absolute Gasteiger partial charge is 0.333 e. The van der Waals surface area contributed by atoms with Gasteiger partial charge in [0, 0.05) is 11.6 Å². The molecular formula is C21H36O4. The molecule has 1 N–H and O–H groups in total. The van der Waals surface area contributed by atoms with Gasteiger partial charge in [0.15, 0.2) is 0 Å². The van der Waals surface area contributed by atoms with Crippen molar-refractivity contribution in [3.63, 3.8) is 0 Å². The van der Waals surface area contributed by atoms with E-state index in [0.717, 1.165) is 18.9 Å². The zero-order chi connectivity index (χ0) is 18.8. The molecule has 0 atom stereocenters. The quantitative estimate of drug-likeness (QED) is 0.203. The van der Waals surface area contributed by atoms with Crippen molar-refractivity contribution >= 4 is 11.9 Å². The molecule has 0 saturated heterocycles. The van der Waals surface area contributed by atoms with Crippen LogP contribution in [0.25, 0.3) is 0 Å². The largest absolute Gasteiger partial charge is 0.478 e. The summed E-state index contributed by atoms with van der Waals surface area (Å²) in [6, 6.07) is 0. The highest BCUT2D eigenvalue weighted by Crippen LogP contribution is 2.12. The van der Waals surface area contributed by atoms with Crippen molar-refractivity contribution in [2.75, 3.05) is 6.61 Å². The number of rotatable bonds is 17. The number of hydrogen-bond acceptors (Lipinski definition) is 3. The van der Waals surface area contributed by atoms with Crippen LogP contribution in [-0.2, 0) is 14.3 Å². The van der Waals surface area contributed by atoms with Gasteiger partial charge < -0.3 is 9.84 Å². The second kappa shape index (κ2) is 17.2. The maximum absolute atomic E-state index is 11.6. The highest BCUT2D eigenvalue weighted by atomic mass is 16.5. The molecule has 0 aromatic carbocycles. The second-order valence-electron chi connectivity index (χ2n) is 6.57. The second-order valence-corrected chi connectivity index (χ2v) is 6.57. The molecule has 0 unspecified atom stereocenters. The van der Waals surface area contributed by atoms with Gasteiger partial charge in [-0.05, 0) is 12.8 Å². The average Bonchev–Trinajstić information content (AvgIpc) is 2.58. The van der Waals surface area contributed by atoms with Crippen molar-refractivity contribution in [1.82, 2.24) is 0 Å². The molecule has 0 bridgehead atoms. The van der Waals surface area contributed by atoms with Crippen molar-refractivity contribution in [3.05, 3.63) is 24.3 Å². The van der Waals surface area contributed by atoms with Gasteiger partial charge in [-0.15, -0.1) is 0 Å². The van der Waals surface area contributed by atoms with Crippen LogP contribution in [0.15, 0.2) is 24.3 Å². The van der Waals surface area contributed by atoms with Gasteiger partial charge in [-0.3, -0.25) is 0 Å². The van der Waals surface area contributed by atoms with Gasteiger partial charge in [0.25, 0.3) is 0 Å². The molecule has 0 aromatic rings. The summed E-state index contributed by atoms with van der Waals surface area (Å²) >= 11 is 0. The molecular weight excluding hydrogens is 316 g/mol. The van der Waals surface area contributed by atoms with Gasteiger partial charge in [0.1, 0.15) is 0 Å². The molecule has 0 heterocycles. The summed E-state index contributed by atoms with van der Waals surface area (Å²) in [4.78, 5) is 21.9. The Bertz CT molecular complexity index is 399. The van der Waals surface area contributed by atoms with E-state index < -0.39 is 11.9 Å². The van der Waals surface area contributed by atoms with Crippen molar-refractivity contribution in [1.29, 1.82) is 0 Å². The van der Waals surface area contributed by atoms with E-state index in [1.165, 1.54) is 70.3 Å². The Morgan fingerprint density at radius 1 is 0.880 bits per heavy atom. The van der Waals surface area contributed by atoms with Crippen molar-refractivity contribution < 1.29 is 19.4 Å². The lowest BCUT2D eigenvalue weighted by molar-refractivity contribution is -0.139. The standard InChI is InChI=1S/C21H36O4/c1-3-4-5-6-7-8-9-10-11-12-13-14-18-25-21(24)19(2)16-15-17-20(22)23/h15,17H,2-14,16,18H2,1H3,(H,22,23). The predicted octanol–water partition coefficient (Wildman–Crippen LogP) is 5.82.